The molecule has 0 aliphatic heterocycles. The average Bonchev–Trinajstić information content (AvgIpc) is 2.95. The van der Waals surface area contributed by atoms with Gasteiger partial charge in [0.2, 0.25) is 27.1 Å². The molecule has 0 unspecified atom stereocenters. The number of unbranched alkanes of at least 4 members (excludes halogenated alkanes) is 3. The molecular weight excluding hydrogens is 428 g/mol. The highest BCUT2D eigenvalue weighted by Crippen LogP contribution is 2.19. The van der Waals surface area contributed by atoms with E-state index in [2.05, 4.69) is 29.3 Å². The zero-order valence-electron chi connectivity index (χ0n) is 17.0. The fourth-order valence-corrected chi connectivity index (χ4v) is 4.16. The van der Waals surface area contributed by atoms with Gasteiger partial charge in [-0.1, -0.05) is 19.8 Å². The highest BCUT2D eigenvalue weighted by molar-refractivity contribution is 8.07. The fraction of sp³-hybridized carbons (Fsp3) is 0.824. The summed E-state index contributed by atoms with van der Waals surface area (Å²) in [6, 6.07) is 0. The molecule has 0 amide bonds. The molecule has 12 heteroatoms. The van der Waals surface area contributed by atoms with Crippen molar-refractivity contribution >= 4 is 20.8 Å². The van der Waals surface area contributed by atoms with E-state index < -0.39 is 20.8 Å². The number of aromatic nitrogens is 2. The Morgan fingerprint density at radius 1 is 1.07 bits per heavy atom. The van der Waals surface area contributed by atoms with Crippen molar-refractivity contribution < 1.29 is 33.9 Å². The highest BCUT2D eigenvalue weighted by atomic mass is 32.3. The molecule has 1 aliphatic rings. The zero-order valence-corrected chi connectivity index (χ0v) is 18.7. The molecule has 1 aliphatic carbocycles. The van der Waals surface area contributed by atoms with Crippen LogP contribution in [0, 0.1) is 0 Å². The molecule has 0 saturated heterocycles. The van der Waals surface area contributed by atoms with Crippen molar-refractivity contribution in [1.29, 1.82) is 0 Å². The Labute approximate surface area is 172 Å². The molecule has 29 heavy (non-hydrogen) atoms. The van der Waals surface area contributed by atoms with Gasteiger partial charge in [-0.15, -0.1) is 7.77 Å². The summed E-state index contributed by atoms with van der Waals surface area (Å²) in [7, 11) is -11.2. The van der Waals surface area contributed by atoms with Gasteiger partial charge in [-0.25, -0.2) is 26.0 Å². The largest absolute Gasteiger partial charge is 0.379 e. The lowest BCUT2D eigenvalue weighted by atomic mass is 10.0. The van der Waals surface area contributed by atoms with E-state index in [1.807, 2.05) is 0 Å². The normalized spacial score (nSPS) is 14.2. The number of aryl methyl sites for hydroxylation is 1. The number of rotatable bonds is 11. The first-order chi connectivity index (χ1) is 13.6. The predicted molar refractivity (Wildman–Crippen MR) is 105 cm³/mol. The van der Waals surface area contributed by atoms with E-state index >= 15 is 0 Å². The lowest BCUT2D eigenvalue weighted by Crippen LogP contribution is -2.37. The molecule has 1 aromatic heterocycles. The van der Waals surface area contributed by atoms with Crippen LogP contribution in [0.15, 0.2) is 6.33 Å². The first-order valence-corrected chi connectivity index (χ1v) is 12.6. The van der Waals surface area contributed by atoms with Crippen molar-refractivity contribution in [1.82, 2.24) is 4.57 Å². The monoisotopic (exact) mass is 459 g/mol. The van der Waals surface area contributed by atoms with Crippen molar-refractivity contribution in [3.05, 3.63) is 21.8 Å². The van der Waals surface area contributed by atoms with Crippen molar-refractivity contribution in [2.45, 2.75) is 78.3 Å². The van der Waals surface area contributed by atoms with Gasteiger partial charge in [0.05, 0.1) is 13.2 Å². The number of hydrogen-bond acceptors (Lipinski definition) is 5. The van der Waals surface area contributed by atoms with Crippen LogP contribution in [0.25, 0.3) is 4.13 Å². The SMILES string of the molecule is CCCCCC[n+]1cn(CCOCC)c2c1CCCC2.O=S(=O)(F)[N-]S(=O)(=O)F. The molecular formula is C17H31F2N3O5S2. The zero-order chi connectivity index (χ0) is 21.9. The van der Waals surface area contributed by atoms with Gasteiger partial charge in [0.1, 0.15) is 17.9 Å². The maximum absolute atomic E-state index is 11.1. The lowest BCUT2D eigenvalue weighted by Gasteiger charge is -2.10. The van der Waals surface area contributed by atoms with Crippen LogP contribution < -0.4 is 4.57 Å². The molecule has 0 fully saturated rings. The molecule has 2 rings (SSSR count). The third-order valence-corrected chi connectivity index (χ3v) is 5.92. The topological polar surface area (TPSA) is 100 Å². The van der Waals surface area contributed by atoms with Crippen LogP contribution in [0.1, 0.15) is 63.8 Å². The Kier molecular flexibility index (Phi) is 11.2. The Bertz CT molecular complexity index is 796. The summed E-state index contributed by atoms with van der Waals surface area (Å²) in [4.78, 5) is 0. The predicted octanol–water partition coefficient (Wildman–Crippen LogP) is 3.06. The van der Waals surface area contributed by atoms with Crippen molar-refractivity contribution in [2.75, 3.05) is 13.2 Å². The Hall–Kier alpha value is -1.11. The molecule has 0 N–H and O–H groups in total. The van der Waals surface area contributed by atoms with E-state index in [4.69, 9.17) is 4.74 Å². The molecule has 1 aromatic rings. The second-order valence-electron chi connectivity index (χ2n) is 6.76. The molecule has 0 radical (unpaired) electrons. The lowest BCUT2D eigenvalue weighted by molar-refractivity contribution is -0.704. The maximum atomic E-state index is 11.1. The van der Waals surface area contributed by atoms with E-state index in [9.17, 15) is 24.6 Å². The van der Waals surface area contributed by atoms with Gasteiger partial charge in [-0.3, -0.25) is 0 Å². The Morgan fingerprint density at radius 2 is 1.72 bits per heavy atom. The van der Waals surface area contributed by atoms with Crippen molar-refractivity contribution in [2.24, 2.45) is 0 Å². The summed E-state index contributed by atoms with van der Waals surface area (Å²) in [5, 5.41) is 0. The van der Waals surface area contributed by atoms with Crippen LogP contribution in [0.4, 0.5) is 7.77 Å². The molecule has 8 nitrogen and oxygen atoms in total. The molecule has 0 aromatic carbocycles. The minimum Gasteiger partial charge on any atom is -0.379 e. The Balaban J connectivity index is 0.000000396. The number of halogens is 2. The van der Waals surface area contributed by atoms with Crippen LogP contribution in [-0.4, -0.2) is 34.6 Å². The van der Waals surface area contributed by atoms with Crippen molar-refractivity contribution in [3.8, 4) is 0 Å². The van der Waals surface area contributed by atoms with Crippen LogP contribution in [0.2, 0.25) is 0 Å². The third kappa shape index (κ3) is 11.0. The van der Waals surface area contributed by atoms with Crippen LogP contribution in [0.5, 0.6) is 0 Å². The smallest absolute Gasteiger partial charge is 0.244 e. The van der Waals surface area contributed by atoms with Gasteiger partial charge in [0, 0.05) is 19.4 Å². The summed E-state index contributed by atoms with van der Waals surface area (Å²) in [6.45, 7) is 8.22. The van der Waals surface area contributed by atoms with E-state index in [0.29, 0.717) is 0 Å². The number of ether oxygens (including phenoxy) is 1. The second-order valence-corrected chi connectivity index (χ2v) is 9.00. The second kappa shape index (κ2) is 12.6. The van der Waals surface area contributed by atoms with Gasteiger partial charge in [-0.2, -0.15) is 0 Å². The minimum atomic E-state index is -5.62. The Morgan fingerprint density at radius 3 is 2.28 bits per heavy atom. The minimum absolute atomic E-state index is 0.820. The molecule has 0 spiro atoms. The molecule has 1 heterocycles. The fourth-order valence-electron chi connectivity index (χ4n) is 3.31. The maximum Gasteiger partial charge on any atom is 0.244 e. The molecule has 170 valence electrons. The van der Waals surface area contributed by atoms with Crippen LogP contribution in [-0.2, 0) is 51.5 Å². The average molecular weight is 460 g/mol. The first kappa shape index (κ1) is 25.9. The van der Waals surface area contributed by atoms with E-state index in [-0.39, 0.29) is 0 Å². The summed E-state index contributed by atoms with van der Waals surface area (Å²) in [6.07, 6.45) is 12.9. The van der Waals surface area contributed by atoms with Crippen molar-refractivity contribution in [3.63, 3.8) is 0 Å². The van der Waals surface area contributed by atoms with Gasteiger partial charge >= 0.3 is 0 Å². The first-order valence-electron chi connectivity index (χ1n) is 9.89. The van der Waals surface area contributed by atoms with E-state index in [1.165, 1.54) is 57.9 Å². The number of nitrogens with zero attached hydrogens (tertiary/aromatic N) is 3. The number of fused-ring (bicyclic) bond motifs is 1. The van der Waals surface area contributed by atoms with Crippen LogP contribution in [0.3, 0.4) is 0 Å². The van der Waals surface area contributed by atoms with Gasteiger partial charge in [-0.05, 0) is 32.6 Å². The highest BCUT2D eigenvalue weighted by Gasteiger charge is 2.25. The summed E-state index contributed by atoms with van der Waals surface area (Å²) in [5.74, 6) is 0. The molecule has 0 saturated carbocycles. The number of imidazole rings is 1. The van der Waals surface area contributed by atoms with Gasteiger partial charge in [0.15, 0.2) is 0 Å². The third-order valence-electron chi connectivity index (χ3n) is 4.49. The summed E-state index contributed by atoms with van der Waals surface area (Å²) < 4.78 is 70.6. The summed E-state index contributed by atoms with van der Waals surface area (Å²) in [5.41, 5.74) is 3.18. The van der Waals surface area contributed by atoms with Crippen LogP contribution >= 0.6 is 0 Å². The van der Waals surface area contributed by atoms with Gasteiger partial charge < -0.3 is 8.86 Å². The molecule has 0 atom stereocenters. The summed E-state index contributed by atoms with van der Waals surface area (Å²) >= 11 is 0. The van der Waals surface area contributed by atoms with Gasteiger partial charge in [0.25, 0.3) is 0 Å². The standard InChI is InChI=1S/C17H31N2O.F2NO4S2/c1-3-5-6-9-12-18-15-19(13-14-20-4-2)17-11-8-7-10-16(17)18;1-8(4,5)3-9(2,6)7/h15H,3-14H2,1-2H3;/q+1;-1. The van der Waals surface area contributed by atoms with E-state index in [1.54, 1.807) is 11.4 Å². The van der Waals surface area contributed by atoms with E-state index in [0.717, 1.165) is 23.9 Å². The quantitative estimate of drug-likeness (QED) is 0.288. The number of hydrogen-bond donors (Lipinski definition) is 0. The molecule has 0 bridgehead atoms.